The molecule has 0 aromatic heterocycles. The second-order valence-corrected chi connectivity index (χ2v) is 4.90. The highest BCUT2D eigenvalue weighted by Gasteiger charge is 2.12. The van der Waals surface area contributed by atoms with Crippen LogP contribution in [-0.2, 0) is 0 Å². The summed E-state index contributed by atoms with van der Waals surface area (Å²) in [6.07, 6.45) is 0. The molecule has 0 saturated heterocycles. The predicted molar refractivity (Wildman–Crippen MR) is 73.5 cm³/mol. The molecule has 0 spiro atoms. The van der Waals surface area contributed by atoms with Gasteiger partial charge in [-0.1, -0.05) is 40.9 Å². The first-order valence-electron chi connectivity index (χ1n) is 5.17. The SMILES string of the molecule is FC(F)Oc1cc(Cl)cc(-c2c(Cl)cccc2Cl)c1. The zero-order chi connectivity index (χ0) is 14.0. The molecule has 0 bridgehead atoms. The smallest absolute Gasteiger partial charge is 0.387 e. The van der Waals surface area contributed by atoms with Gasteiger partial charge in [-0.2, -0.15) is 8.78 Å². The van der Waals surface area contributed by atoms with Gasteiger partial charge in [0.1, 0.15) is 5.75 Å². The molecular formula is C13H7Cl3F2O. The molecule has 1 nitrogen and oxygen atoms in total. The van der Waals surface area contributed by atoms with Gasteiger partial charge in [-0.25, -0.2) is 0 Å². The first kappa shape index (κ1) is 14.4. The molecule has 0 aliphatic rings. The number of hydrogen-bond donors (Lipinski definition) is 0. The summed E-state index contributed by atoms with van der Waals surface area (Å²) in [5, 5.41) is 1.06. The Kier molecular flexibility index (Phi) is 4.50. The topological polar surface area (TPSA) is 9.23 Å². The largest absolute Gasteiger partial charge is 0.435 e. The Hall–Kier alpha value is -1.03. The average Bonchev–Trinajstić information content (AvgIpc) is 2.26. The van der Waals surface area contributed by atoms with E-state index >= 15 is 0 Å². The summed E-state index contributed by atoms with van der Waals surface area (Å²) in [4.78, 5) is 0. The lowest BCUT2D eigenvalue weighted by molar-refractivity contribution is -0.0498. The molecule has 0 fully saturated rings. The van der Waals surface area contributed by atoms with Gasteiger partial charge in [0.15, 0.2) is 0 Å². The maximum atomic E-state index is 12.2. The highest BCUT2D eigenvalue weighted by atomic mass is 35.5. The molecule has 0 aliphatic carbocycles. The van der Waals surface area contributed by atoms with Crippen molar-refractivity contribution in [1.29, 1.82) is 0 Å². The van der Waals surface area contributed by atoms with Crippen molar-refractivity contribution in [1.82, 2.24) is 0 Å². The highest BCUT2D eigenvalue weighted by molar-refractivity contribution is 6.39. The zero-order valence-corrected chi connectivity index (χ0v) is 11.6. The quantitative estimate of drug-likeness (QED) is 0.681. The van der Waals surface area contributed by atoms with Gasteiger partial charge in [-0.15, -0.1) is 0 Å². The molecule has 0 atom stereocenters. The Balaban J connectivity index is 2.53. The molecule has 0 aliphatic heterocycles. The molecule has 2 rings (SSSR count). The third kappa shape index (κ3) is 3.50. The van der Waals surface area contributed by atoms with Crippen LogP contribution < -0.4 is 4.74 Å². The standard InChI is InChI=1S/C13H7Cl3F2O/c14-8-4-7(5-9(6-8)19-13(17)18)12-10(15)2-1-3-11(12)16/h1-6,13H. The van der Waals surface area contributed by atoms with Gasteiger partial charge in [0.2, 0.25) is 0 Å². The van der Waals surface area contributed by atoms with E-state index in [1.165, 1.54) is 12.1 Å². The Labute approximate surface area is 123 Å². The third-order valence-electron chi connectivity index (χ3n) is 2.35. The summed E-state index contributed by atoms with van der Waals surface area (Å²) in [7, 11) is 0. The number of hydrogen-bond acceptors (Lipinski definition) is 1. The van der Waals surface area contributed by atoms with Gasteiger partial charge in [-0.3, -0.25) is 0 Å². The molecule has 0 unspecified atom stereocenters. The van der Waals surface area contributed by atoms with Crippen LogP contribution in [0.1, 0.15) is 0 Å². The lowest BCUT2D eigenvalue weighted by atomic mass is 10.1. The zero-order valence-electron chi connectivity index (χ0n) is 9.34. The summed E-state index contributed by atoms with van der Waals surface area (Å²) in [5.41, 5.74) is 1.03. The molecule has 2 aromatic rings. The van der Waals surface area contributed by atoms with Crippen molar-refractivity contribution < 1.29 is 13.5 Å². The van der Waals surface area contributed by atoms with E-state index in [0.717, 1.165) is 0 Å². The Bertz CT molecular complexity index is 582. The second-order valence-electron chi connectivity index (χ2n) is 3.65. The average molecular weight is 324 g/mol. The van der Waals surface area contributed by atoms with Crippen LogP contribution in [0.25, 0.3) is 11.1 Å². The van der Waals surface area contributed by atoms with Gasteiger partial charge >= 0.3 is 6.61 Å². The lowest BCUT2D eigenvalue weighted by Gasteiger charge is -2.10. The fourth-order valence-corrected chi connectivity index (χ4v) is 2.49. The third-order valence-corrected chi connectivity index (χ3v) is 3.20. The minimum absolute atomic E-state index is 0.0477. The molecule has 0 N–H and O–H groups in total. The summed E-state index contributed by atoms with van der Waals surface area (Å²) < 4.78 is 28.8. The molecule has 0 amide bonds. The monoisotopic (exact) mass is 322 g/mol. The molecule has 19 heavy (non-hydrogen) atoms. The van der Waals surface area contributed by atoms with Gasteiger partial charge < -0.3 is 4.74 Å². The fourth-order valence-electron chi connectivity index (χ4n) is 1.65. The van der Waals surface area contributed by atoms with E-state index in [9.17, 15) is 8.78 Å². The lowest BCUT2D eigenvalue weighted by Crippen LogP contribution is -2.01. The molecule has 0 heterocycles. The molecule has 2 aromatic carbocycles. The van der Waals surface area contributed by atoms with Crippen molar-refractivity contribution in [2.45, 2.75) is 6.61 Å². The van der Waals surface area contributed by atoms with Crippen LogP contribution in [-0.4, -0.2) is 6.61 Å². The van der Waals surface area contributed by atoms with Crippen LogP contribution in [0.15, 0.2) is 36.4 Å². The van der Waals surface area contributed by atoms with E-state index in [-0.39, 0.29) is 10.8 Å². The van der Waals surface area contributed by atoms with Crippen LogP contribution in [0.5, 0.6) is 5.75 Å². The number of rotatable bonds is 3. The minimum atomic E-state index is -2.92. The Morgan fingerprint density at radius 2 is 1.58 bits per heavy atom. The van der Waals surface area contributed by atoms with Crippen LogP contribution in [0.4, 0.5) is 8.78 Å². The van der Waals surface area contributed by atoms with Gasteiger partial charge in [0.05, 0.1) is 0 Å². The van der Waals surface area contributed by atoms with Gasteiger partial charge in [-0.05, 0) is 35.9 Å². The molecule has 100 valence electrons. The van der Waals surface area contributed by atoms with Gasteiger partial charge in [0, 0.05) is 20.6 Å². The number of ether oxygens (including phenoxy) is 1. The predicted octanol–water partition coefficient (Wildman–Crippen LogP) is 5.92. The van der Waals surface area contributed by atoms with E-state index in [1.54, 1.807) is 24.3 Å². The summed E-state index contributed by atoms with van der Waals surface area (Å²) in [6.45, 7) is -2.92. The van der Waals surface area contributed by atoms with Crippen molar-refractivity contribution in [3.05, 3.63) is 51.5 Å². The van der Waals surface area contributed by atoms with Crippen molar-refractivity contribution in [2.75, 3.05) is 0 Å². The first-order chi connectivity index (χ1) is 8.97. The van der Waals surface area contributed by atoms with E-state index in [1.807, 2.05) is 0 Å². The summed E-state index contributed by atoms with van der Waals surface area (Å²) in [5.74, 6) is -0.0477. The second kappa shape index (κ2) is 5.95. The van der Waals surface area contributed by atoms with Crippen molar-refractivity contribution >= 4 is 34.8 Å². The number of benzene rings is 2. The fraction of sp³-hybridized carbons (Fsp3) is 0.0769. The van der Waals surface area contributed by atoms with Crippen LogP contribution in [0, 0.1) is 0 Å². The van der Waals surface area contributed by atoms with E-state index < -0.39 is 6.61 Å². The normalized spacial score (nSPS) is 10.8. The maximum Gasteiger partial charge on any atom is 0.387 e. The Morgan fingerprint density at radius 1 is 0.947 bits per heavy atom. The van der Waals surface area contributed by atoms with Gasteiger partial charge in [0.25, 0.3) is 0 Å². The molecular weight excluding hydrogens is 316 g/mol. The minimum Gasteiger partial charge on any atom is -0.435 e. The van der Waals surface area contributed by atoms with E-state index in [4.69, 9.17) is 34.8 Å². The van der Waals surface area contributed by atoms with Crippen molar-refractivity contribution in [3.63, 3.8) is 0 Å². The Morgan fingerprint density at radius 3 is 2.16 bits per heavy atom. The molecule has 6 heteroatoms. The van der Waals surface area contributed by atoms with E-state index in [2.05, 4.69) is 4.74 Å². The maximum absolute atomic E-state index is 12.2. The molecule has 0 saturated carbocycles. The highest BCUT2D eigenvalue weighted by Crippen LogP contribution is 2.37. The number of halogens is 5. The summed E-state index contributed by atoms with van der Waals surface area (Å²) >= 11 is 18.0. The first-order valence-corrected chi connectivity index (χ1v) is 6.30. The van der Waals surface area contributed by atoms with Crippen molar-refractivity contribution in [2.24, 2.45) is 0 Å². The van der Waals surface area contributed by atoms with E-state index in [0.29, 0.717) is 21.2 Å². The van der Waals surface area contributed by atoms with Crippen LogP contribution in [0.2, 0.25) is 15.1 Å². The van der Waals surface area contributed by atoms with Crippen LogP contribution >= 0.6 is 34.8 Å². The van der Waals surface area contributed by atoms with Crippen molar-refractivity contribution in [3.8, 4) is 16.9 Å². The molecule has 0 radical (unpaired) electrons. The van der Waals surface area contributed by atoms with Crippen LogP contribution in [0.3, 0.4) is 0 Å². The summed E-state index contributed by atoms with van der Waals surface area (Å²) in [6, 6.07) is 9.27. The number of alkyl halides is 2.